The van der Waals surface area contributed by atoms with Crippen molar-refractivity contribution in [3.8, 4) is 0 Å². The monoisotopic (exact) mass is 509 g/mol. The van der Waals surface area contributed by atoms with E-state index in [0.29, 0.717) is 77.0 Å². The zero-order valence-corrected chi connectivity index (χ0v) is 21.2. The van der Waals surface area contributed by atoms with Gasteiger partial charge in [0.25, 0.3) is 11.8 Å². The van der Waals surface area contributed by atoms with Crippen LogP contribution in [0.3, 0.4) is 0 Å². The molecule has 0 fully saturated rings. The summed E-state index contributed by atoms with van der Waals surface area (Å²) >= 11 is 0. The van der Waals surface area contributed by atoms with Crippen LogP contribution < -0.4 is 0 Å². The lowest BCUT2D eigenvalue weighted by molar-refractivity contribution is -0.145. The minimum absolute atomic E-state index is 0.170. The number of carbonyl (C=O) groups excluding carboxylic acids is 3. The number of hydrogen-bond donors (Lipinski definition) is 0. The molecule has 2 amide bonds. The summed E-state index contributed by atoms with van der Waals surface area (Å²) in [5, 5.41) is 0. The van der Waals surface area contributed by atoms with Crippen molar-refractivity contribution in [3.63, 3.8) is 0 Å². The van der Waals surface area contributed by atoms with Crippen molar-refractivity contribution in [2.75, 3.05) is 79.2 Å². The molecule has 0 radical (unpaired) electrons. The Morgan fingerprint density at radius 2 is 1.11 bits per heavy atom. The van der Waals surface area contributed by atoms with Crippen molar-refractivity contribution in [3.05, 3.63) is 35.4 Å². The molecular formula is C26H39NO9. The Morgan fingerprint density at radius 3 is 1.58 bits per heavy atom. The van der Waals surface area contributed by atoms with Gasteiger partial charge in [0.2, 0.25) is 0 Å². The molecule has 0 aromatic heterocycles. The fourth-order valence-corrected chi connectivity index (χ4v) is 3.39. The number of benzene rings is 1. The van der Waals surface area contributed by atoms with E-state index in [-0.39, 0.29) is 37.5 Å². The highest BCUT2D eigenvalue weighted by Gasteiger charge is 2.34. The number of ether oxygens (including phenoxy) is 6. The predicted molar refractivity (Wildman–Crippen MR) is 131 cm³/mol. The van der Waals surface area contributed by atoms with Gasteiger partial charge < -0.3 is 28.4 Å². The number of amides is 2. The first-order chi connectivity index (χ1) is 17.6. The first-order valence-electron chi connectivity index (χ1n) is 12.6. The summed E-state index contributed by atoms with van der Waals surface area (Å²) in [7, 11) is 0. The van der Waals surface area contributed by atoms with E-state index in [1.807, 2.05) is 0 Å². The summed E-state index contributed by atoms with van der Waals surface area (Å²) in [5.74, 6) is -0.726. The lowest BCUT2D eigenvalue weighted by Crippen LogP contribution is -2.33. The number of unbranched alkanes of at least 4 members (excludes halogenated alkanes) is 2. The van der Waals surface area contributed by atoms with Crippen molar-refractivity contribution in [1.29, 1.82) is 0 Å². The first kappa shape index (κ1) is 29.9. The SMILES string of the molecule is CCCCCC(=O)OCCOCCOCCOCCOCCOCCN1C(=O)c2ccccc2C1=O. The van der Waals surface area contributed by atoms with Crippen LogP contribution in [0.1, 0.15) is 53.3 Å². The summed E-state index contributed by atoms with van der Waals surface area (Å²) in [6.07, 6.45) is 3.46. The summed E-state index contributed by atoms with van der Waals surface area (Å²) in [6.45, 7) is 6.63. The van der Waals surface area contributed by atoms with Gasteiger partial charge in [0, 0.05) is 6.42 Å². The van der Waals surface area contributed by atoms with E-state index in [1.165, 1.54) is 4.90 Å². The molecule has 36 heavy (non-hydrogen) atoms. The number of nitrogens with zero attached hydrogens (tertiary/aromatic N) is 1. The predicted octanol–water partition coefficient (Wildman–Crippen LogP) is 2.49. The van der Waals surface area contributed by atoms with E-state index in [2.05, 4.69) is 6.92 Å². The second-order valence-corrected chi connectivity index (χ2v) is 8.05. The number of rotatable bonds is 22. The topological polar surface area (TPSA) is 110 Å². The Morgan fingerprint density at radius 1 is 0.667 bits per heavy atom. The standard InChI is InChI=1S/C26H39NO9/c1-2-3-4-9-24(28)36-21-20-35-19-18-34-17-16-33-15-14-32-13-12-31-11-10-27-25(29)22-7-5-6-8-23(22)26(27)30/h5-8H,2-4,9-21H2,1H3. The molecule has 1 aliphatic rings. The van der Waals surface area contributed by atoms with Crippen LogP contribution in [0.5, 0.6) is 0 Å². The first-order valence-corrected chi connectivity index (χ1v) is 12.6. The summed E-state index contributed by atoms with van der Waals surface area (Å²) in [5.41, 5.74) is 0.884. The normalized spacial score (nSPS) is 12.9. The highest BCUT2D eigenvalue weighted by Crippen LogP contribution is 2.21. The smallest absolute Gasteiger partial charge is 0.305 e. The second kappa shape index (κ2) is 18.8. The van der Waals surface area contributed by atoms with Gasteiger partial charge in [-0.05, 0) is 18.6 Å². The van der Waals surface area contributed by atoms with Crippen molar-refractivity contribution in [2.45, 2.75) is 32.6 Å². The molecule has 1 aromatic carbocycles. The van der Waals surface area contributed by atoms with Crippen LogP contribution in [0.4, 0.5) is 0 Å². The largest absolute Gasteiger partial charge is 0.463 e. The average molecular weight is 510 g/mol. The lowest BCUT2D eigenvalue weighted by Gasteiger charge is -2.13. The molecule has 0 aliphatic carbocycles. The molecule has 1 aliphatic heterocycles. The number of hydrogen-bond acceptors (Lipinski definition) is 9. The lowest BCUT2D eigenvalue weighted by atomic mass is 10.1. The van der Waals surface area contributed by atoms with Crippen LogP contribution in [0, 0.1) is 0 Å². The van der Waals surface area contributed by atoms with Gasteiger partial charge in [-0.3, -0.25) is 19.3 Å². The summed E-state index contributed by atoms with van der Waals surface area (Å²) in [4.78, 5) is 37.1. The molecule has 2 rings (SSSR count). The van der Waals surface area contributed by atoms with Gasteiger partial charge in [0.1, 0.15) is 6.61 Å². The van der Waals surface area contributed by atoms with Gasteiger partial charge in [-0.2, -0.15) is 0 Å². The van der Waals surface area contributed by atoms with Crippen molar-refractivity contribution < 1.29 is 42.8 Å². The van der Waals surface area contributed by atoms with Gasteiger partial charge >= 0.3 is 5.97 Å². The third-order valence-electron chi connectivity index (χ3n) is 5.30. The Bertz CT molecular complexity index is 751. The molecule has 0 N–H and O–H groups in total. The Kier molecular flexibility index (Phi) is 15.6. The third kappa shape index (κ3) is 11.6. The molecule has 0 unspecified atom stereocenters. The van der Waals surface area contributed by atoms with E-state index in [4.69, 9.17) is 28.4 Å². The quantitative estimate of drug-likeness (QED) is 0.132. The number of imide groups is 1. The maximum Gasteiger partial charge on any atom is 0.305 e. The Labute approximate surface area is 213 Å². The molecule has 1 heterocycles. The van der Waals surface area contributed by atoms with Crippen molar-refractivity contribution in [2.24, 2.45) is 0 Å². The van der Waals surface area contributed by atoms with Crippen LogP contribution >= 0.6 is 0 Å². The molecule has 10 nitrogen and oxygen atoms in total. The molecule has 10 heteroatoms. The minimum Gasteiger partial charge on any atom is -0.463 e. The second-order valence-electron chi connectivity index (χ2n) is 8.05. The van der Waals surface area contributed by atoms with E-state index in [0.717, 1.165) is 19.3 Å². The average Bonchev–Trinajstić information content (AvgIpc) is 3.13. The zero-order valence-electron chi connectivity index (χ0n) is 21.2. The minimum atomic E-state index is -0.278. The molecule has 0 bridgehead atoms. The summed E-state index contributed by atoms with van der Waals surface area (Å²) < 4.78 is 32.2. The van der Waals surface area contributed by atoms with Gasteiger partial charge in [-0.15, -0.1) is 0 Å². The van der Waals surface area contributed by atoms with Crippen LogP contribution in [-0.2, 0) is 33.2 Å². The van der Waals surface area contributed by atoms with E-state index < -0.39 is 0 Å². The number of fused-ring (bicyclic) bond motifs is 1. The summed E-state index contributed by atoms with van der Waals surface area (Å²) in [6, 6.07) is 6.81. The maximum atomic E-state index is 12.2. The van der Waals surface area contributed by atoms with E-state index >= 15 is 0 Å². The maximum absolute atomic E-state index is 12.2. The van der Waals surface area contributed by atoms with Crippen molar-refractivity contribution >= 4 is 17.8 Å². The van der Waals surface area contributed by atoms with Crippen LogP contribution in [0.2, 0.25) is 0 Å². The molecule has 0 saturated carbocycles. The molecular weight excluding hydrogens is 470 g/mol. The number of carbonyl (C=O) groups is 3. The van der Waals surface area contributed by atoms with Gasteiger partial charge in [-0.25, -0.2) is 0 Å². The zero-order chi connectivity index (χ0) is 25.8. The molecule has 1 aromatic rings. The molecule has 0 atom stereocenters. The molecule has 0 spiro atoms. The fraction of sp³-hybridized carbons (Fsp3) is 0.654. The Balaban J connectivity index is 1.29. The van der Waals surface area contributed by atoms with Gasteiger partial charge in [0.15, 0.2) is 0 Å². The van der Waals surface area contributed by atoms with Crippen LogP contribution in [0.25, 0.3) is 0 Å². The van der Waals surface area contributed by atoms with Gasteiger partial charge in [-0.1, -0.05) is 31.9 Å². The highest BCUT2D eigenvalue weighted by molar-refractivity contribution is 6.21. The third-order valence-corrected chi connectivity index (χ3v) is 5.30. The van der Waals surface area contributed by atoms with Crippen LogP contribution in [-0.4, -0.2) is 102 Å². The molecule has 0 saturated heterocycles. The Hall–Kier alpha value is -2.37. The van der Waals surface area contributed by atoms with Gasteiger partial charge in [0.05, 0.1) is 83.7 Å². The highest BCUT2D eigenvalue weighted by atomic mass is 16.6. The van der Waals surface area contributed by atoms with E-state index in [1.54, 1.807) is 24.3 Å². The molecule has 202 valence electrons. The van der Waals surface area contributed by atoms with Crippen molar-refractivity contribution in [1.82, 2.24) is 4.90 Å². The van der Waals surface area contributed by atoms with E-state index in [9.17, 15) is 14.4 Å². The fourth-order valence-electron chi connectivity index (χ4n) is 3.39. The van der Waals surface area contributed by atoms with Crippen LogP contribution in [0.15, 0.2) is 24.3 Å². The number of esters is 1.